The van der Waals surface area contributed by atoms with Gasteiger partial charge in [0.2, 0.25) is 16.6 Å². The van der Waals surface area contributed by atoms with E-state index in [-0.39, 0.29) is 36.3 Å². The van der Waals surface area contributed by atoms with Crippen molar-refractivity contribution in [3.8, 4) is 11.5 Å². The standard InChI is InChI=1S/2C15H21OSi.Zr/c2*1-15(2,3)17(4,5)16-14-11-10-12-8-6-7-9-13(12)14;/h2*6-11H,1-5H3;/q2*-1;+2. The Morgan fingerprint density at radius 2 is 0.857 bits per heavy atom. The first kappa shape index (κ1) is 29.8. The molecule has 0 aliphatic rings. The summed E-state index contributed by atoms with van der Waals surface area (Å²) in [6.07, 6.45) is 0. The van der Waals surface area contributed by atoms with Gasteiger partial charge in [0.1, 0.15) is 0 Å². The number of hydrogen-bond acceptors (Lipinski definition) is 2. The van der Waals surface area contributed by atoms with Crippen LogP contribution in [0.15, 0.2) is 72.8 Å². The predicted molar refractivity (Wildman–Crippen MR) is 155 cm³/mol. The van der Waals surface area contributed by atoms with E-state index in [1.165, 1.54) is 21.5 Å². The van der Waals surface area contributed by atoms with Gasteiger partial charge in [-0.25, -0.2) is 0 Å². The van der Waals surface area contributed by atoms with Gasteiger partial charge in [0.05, 0.1) is 0 Å². The molecule has 0 radical (unpaired) electrons. The van der Waals surface area contributed by atoms with E-state index in [2.05, 4.69) is 141 Å². The van der Waals surface area contributed by atoms with E-state index in [0.717, 1.165) is 11.5 Å². The third-order valence-corrected chi connectivity index (χ3v) is 16.3. The largest absolute Gasteiger partial charge is 2.00 e. The van der Waals surface area contributed by atoms with Crippen molar-refractivity contribution in [3.05, 3.63) is 72.8 Å². The van der Waals surface area contributed by atoms with Gasteiger partial charge in [0.15, 0.2) is 0 Å². The van der Waals surface area contributed by atoms with Crippen LogP contribution in [0.3, 0.4) is 0 Å². The number of rotatable bonds is 4. The van der Waals surface area contributed by atoms with Crippen molar-refractivity contribution in [1.82, 2.24) is 0 Å². The van der Waals surface area contributed by atoms with Crippen molar-refractivity contribution >= 4 is 38.2 Å². The maximum Gasteiger partial charge on any atom is 2.00 e. The zero-order valence-electron chi connectivity index (χ0n) is 23.2. The molecule has 0 saturated carbocycles. The number of benzene rings is 2. The van der Waals surface area contributed by atoms with Gasteiger partial charge in [-0.15, -0.1) is 70.1 Å². The summed E-state index contributed by atoms with van der Waals surface area (Å²) in [7, 11) is -3.45. The summed E-state index contributed by atoms with van der Waals surface area (Å²) in [4.78, 5) is 0. The first-order valence-corrected chi connectivity index (χ1v) is 18.1. The van der Waals surface area contributed by atoms with E-state index >= 15 is 0 Å². The van der Waals surface area contributed by atoms with Crippen LogP contribution < -0.4 is 8.85 Å². The van der Waals surface area contributed by atoms with Gasteiger partial charge in [-0.05, 0) is 36.3 Å². The van der Waals surface area contributed by atoms with E-state index in [1.807, 2.05) is 0 Å². The molecule has 0 fully saturated rings. The molecule has 35 heavy (non-hydrogen) atoms. The Labute approximate surface area is 234 Å². The van der Waals surface area contributed by atoms with Gasteiger partial charge in [-0.3, -0.25) is 0 Å². The molecule has 5 heteroatoms. The molecule has 0 heterocycles. The maximum absolute atomic E-state index is 6.36. The van der Waals surface area contributed by atoms with Crippen LogP contribution in [0.4, 0.5) is 0 Å². The SMILES string of the molecule is CC(C)(C)[Si](C)(C)O[c-]1ccc2ccccc21.CC(C)(C)[Si](C)(C)O[c-]1ccc2ccccc21.[Zr+2]. The van der Waals surface area contributed by atoms with E-state index in [9.17, 15) is 0 Å². The molecule has 0 aliphatic heterocycles. The molecular weight excluding hydrogens is 540 g/mol. The Kier molecular flexibility index (Phi) is 9.29. The summed E-state index contributed by atoms with van der Waals surface area (Å²) in [6.45, 7) is 22.8. The molecule has 0 bridgehead atoms. The molecule has 4 aromatic carbocycles. The molecule has 0 unspecified atom stereocenters. The summed E-state index contributed by atoms with van der Waals surface area (Å²) in [5, 5.41) is 5.48. The topological polar surface area (TPSA) is 18.5 Å². The van der Waals surface area contributed by atoms with Gasteiger partial charge in [-0.2, -0.15) is 12.1 Å². The van der Waals surface area contributed by atoms with Gasteiger partial charge >= 0.3 is 26.2 Å². The summed E-state index contributed by atoms with van der Waals surface area (Å²) >= 11 is 0. The van der Waals surface area contributed by atoms with Crippen molar-refractivity contribution in [3.63, 3.8) is 0 Å². The molecule has 4 rings (SSSR count). The Hall–Kier alpha value is -1.42. The summed E-state index contributed by atoms with van der Waals surface area (Å²) < 4.78 is 12.7. The van der Waals surface area contributed by atoms with Gasteiger partial charge in [-0.1, -0.05) is 53.7 Å². The maximum atomic E-state index is 6.36. The average molecular weight is 582 g/mol. The van der Waals surface area contributed by atoms with Crippen molar-refractivity contribution < 1.29 is 35.1 Å². The monoisotopic (exact) mass is 580 g/mol. The molecule has 186 valence electrons. The fourth-order valence-electron chi connectivity index (χ4n) is 3.28. The van der Waals surface area contributed by atoms with E-state index in [1.54, 1.807) is 0 Å². The fourth-order valence-corrected chi connectivity index (χ4v) is 5.35. The molecule has 0 N–H and O–H groups in total. The second-order valence-electron chi connectivity index (χ2n) is 12.3. The van der Waals surface area contributed by atoms with Crippen LogP contribution in [0.1, 0.15) is 41.5 Å². The Morgan fingerprint density at radius 1 is 0.543 bits per heavy atom. The van der Waals surface area contributed by atoms with Crippen LogP contribution in [-0.4, -0.2) is 16.6 Å². The first-order chi connectivity index (χ1) is 15.6. The van der Waals surface area contributed by atoms with Crippen molar-refractivity contribution in [2.24, 2.45) is 0 Å². The zero-order valence-corrected chi connectivity index (χ0v) is 27.7. The van der Waals surface area contributed by atoms with Crippen LogP contribution in [0, 0.1) is 0 Å². The van der Waals surface area contributed by atoms with Crippen LogP contribution in [0.2, 0.25) is 36.3 Å². The quantitative estimate of drug-likeness (QED) is 0.176. The van der Waals surface area contributed by atoms with Gasteiger partial charge in [0.25, 0.3) is 0 Å². The zero-order chi connectivity index (χ0) is 25.4. The smallest absolute Gasteiger partial charge is 0.587 e. The van der Waals surface area contributed by atoms with Crippen LogP contribution in [0.25, 0.3) is 21.5 Å². The van der Waals surface area contributed by atoms with Crippen molar-refractivity contribution in [2.75, 3.05) is 0 Å². The molecule has 0 amide bonds. The molecule has 0 spiro atoms. The Morgan fingerprint density at radius 3 is 1.17 bits per heavy atom. The molecule has 2 nitrogen and oxygen atoms in total. The molecule has 0 aromatic heterocycles. The fraction of sp³-hybridized carbons (Fsp3) is 0.400. The third-order valence-electron chi connectivity index (χ3n) is 7.62. The molecular formula is C30H42O2Si2Zr. The second kappa shape index (κ2) is 10.9. The van der Waals surface area contributed by atoms with E-state index in [0.29, 0.717) is 0 Å². The second-order valence-corrected chi connectivity index (χ2v) is 21.7. The van der Waals surface area contributed by atoms with Gasteiger partial charge in [0, 0.05) is 11.5 Å². The van der Waals surface area contributed by atoms with Crippen molar-refractivity contribution in [2.45, 2.75) is 77.8 Å². The summed E-state index contributed by atoms with van der Waals surface area (Å²) in [5.74, 6) is 2.10. The number of fused-ring (bicyclic) bond motifs is 2. The molecule has 0 atom stereocenters. The first-order valence-electron chi connectivity index (χ1n) is 12.3. The van der Waals surface area contributed by atoms with E-state index < -0.39 is 16.6 Å². The van der Waals surface area contributed by atoms with Gasteiger partial charge < -0.3 is 8.85 Å². The molecule has 4 aromatic rings. The minimum Gasteiger partial charge on any atom is -0.587 e. The van der Waals surface area contributed by atoms with E-state index in [4.69, 9.17) is 8.85 Å². The minimum absolute atomic E-state index is 0. The van der Waals surface area contributed by atoms with Crippen LogP contribution in [0.5, 0.6) is 11.5 Å². The van der Waals surface area contributed by atoms with Crippen LogP contribution in [-0.2, 0) is 26.2 Å². The van der Waals surface area contributed by atoms with Crippen LogP contribution >= 0.6 is 0 Å². The number of hydrogen-bond donors (Lipinski definition) is 0. The minimum atomic E-state index is -1.73. The normalized spacial score (nSPS) is 12.6. The predicted octanol–water partition coefficient (Wildman–Crippen LogP) is 9.88. The molecule has 0 aliphatic carbocycles. The Balaban J connectivity index is 0.000000240. The third kappa shape index (κ3) is 6.87. The summed E-state index contributed by atoms with van der Waals surface area (Å²) in [6, 6.07) is 25.3. The Bertz CT molecular complexity index is 1140. The van der Waals surface area contributed by atoms with Crippen molar-refractivity contribution in [1.29, 1.82) is 0 Å². The summed E-state index contributed by atoms with van der Waals surface area (Å²) in [5.41, 5.74) is 0. The molecule has 0 saturated heterocycles. The average Bonchev–Trinajstić information content (AvgIpc) is 3.31.